The maximum atomic E-state index is 13.7. The molecule has 0 fully saturated rings. The Labute approximate surface area is 112 Å². The van der Waals surface area contributed by atoms with E-state index in [2.05, 4.69) is 5.32 Å². The molecule has 0 spiro atoms. The van der Waals surface area contributed by atoms with Crippen LogP contribution < -0.4 is 5.32 Å². The van der Waals surface area contributed by atoms with Crippen LogP contribution in [0.1, 0.15) is 31.4 Å². The third kappa shape index (κ3) is 5.24. The zero-order valence-corrected chi connectivity index (χ0v) is 11.9. The van der Waals surface area contributed by atoms with Crippen molar-refractivity contribution in [2.24, 2.45) is 0 Å². The fourth-order valence-corrected chi connectivity index (χ4v) is 2.64. The van der Waals surface area contributed by atoms with Gasteiger partial charge in [-0.15, -0.1) is 0 Å². The summed E-state index contributed by atoms with van der Waals surface area (Å²) in [5, 5.41) is 3.05. The van der Waals surface area contributed by atoms with Gasteiger partial charge in [0.05, 0.1) is 0 Å². The van der Waals surface area contributed by atoms with Crippen molar-refractivity contribution in [3.8, 4) is 0 Å². The van der Waals surface area contributed by atoms with E-state index in [9.17, 15) is 17.2 Å². The molecule has 0 heterocycles. The Kier molecular flexibility index (Phi) is 5.87. The van der Waals surface area contributed by atoms with Gasteiger partial charge in [0, 0.05) is 23.6 Å². The first-order chi connectivity index (χ1) is 8.85. The van der Waals surface area contributed by atoms with Crippen LogP contribution in [-0.2, 0) is 9.84 Å². The standard InChI is InChI=1S/C13H19F2NO2S/c1-3-16-12(8-5-9-19(2,17)18)10-6-4-7-11(14)13(10)15/h4,6-7,12,16H,3,5,8-9H2,1-2H3. The molecule has 19 heavy (non-hydrogen) atoms. The number of sulfone groups is 1. The van der Waals surface area contributed by atoms with Crippen molar-refractivity contribution >= 4 is 9.84 Å². The molecule has 0 saturated heterocycles. The lowest BCUT2D eigenvalue weighted by Gasteiger charge is -2.19. The van der Waals surface area contributed by atoms with Gasteiger partial charge in [-0.25, -0.2) is 17.2 Å². The largest absolute Gasteiger partial charge is 0.310 e. The molecule has 6 heteroatoms. The lowest BCUT2D eigenvalue weighted by Crippen LogP contribution is -2.23. The van der Waals surface area contributed by atoms with Crippen LogP contribution in [0, 0.1) is 11.6 Å². The lowest BCUT2D eigenvalue weighted by molar-refractivity contribution is 0.449. The van der Waals surface area contributed by atoms with Crippen molar-refractivity contribution in [1.82, 2.24) is 5.32 Å². The molecule has 0 aliphatic heterocycles. The second-order valence-corrected chi connectivity index (χ2v) is 6.79. The van der Waals surface area contributed by atoms with Crippen LogP contribution in [0.3, 0.4) is 0 Å². The van der Waals surface area contributed by atoms with Gasteiger partial charge < -0.3 is 5.32 Å². The third-order valence-electron chi connectivity index (χ3n) is 2.82. The fourth-order valence-electron chi connectivity index (χ4n) is 1.95. The van der Waals surface area contributed by atoms with Crippen molar-refractivity contribution in [2.75, 3.05) is 18.6 Å². The molecule has 1 aromatic rings. The lowest BCUT2D eigenvalue weighted by atomic mass is 10.0. The van der Waals surface area contributed by atoms with Crippen LogP contribution in [0.25, 0.3) is 0 Å². The van der Waals surface area contributed by atoms with Gasteiger partial charge in [-0.3, -0.25) is 0 Å². The van der Waals surface area contributed by atoms with Crippen LogP contribution in [-0.4, -0.2) is 27.0 Å². The van der Waals surface area contributed by atoms with E-state index >= 15 is 0 Å². The van der Waals surface area contributed by atoms with Crippen molar-refractivity contribution in [1.29, 1.82) is 0 Å². The number of rotatable bonds is 7. The highest BCUT2D eigenvalue weighted by atomic mass is 32.2. The predicted octanol–water partition coefficient (Wildman–Crippen LogP) is 2.44. The summed E-state index contributed by atoms with van der Waals surface area (Å²) in [6.07, 6.45) is 2.02. The SMILES string of the molecule is CCNC(CCCS(C)(=O)=O)c1cccc(F)c1F. The minimum Gasteiger partial charge on any atom is -0.310 e. The highest BCUT2D eigenvalue weighted by Gasteiger charge is 2.17. The second kappa shape index (κ2) is 6.96. The molecule has 1 aromatic carbocycles. The van der Waals surface area contributed by atoms with Gasteiger partial charge in [0.2, 0.25) is 0 Å². The molecular weight excluding hydrogens is 272 g/mol. The summed E-state index contributed by atoms with van der Waals surface area (Å²) in [5.41, 5.74) is 0.246. The first-order valence-corrected chi connectivity index (χ1v) is 8.26. The quantitative estimate of drug-likeness (QED) is 0.839. The molecule has 0 saturated carbocycles. The van der Waals surface area contributed by atoms with Gasteiger partial charge in [0.25, 0.3) is 0 Å². The number of hydrogen-bond acceptors (Lipinski definition) is 3. The molecule has 3 nitrogen and oxygen atoms in total. The van der Waals surface area contributed by atoms with Gasteiger partial charge >= 0.3 is 0 Å². The number of hydrogen-bond donors (Lipinski definition) is 1. The molecule has 0 aromatic heterocycles. The maximum absolute atomic E-state index is 13.7. The zero-order chi connectivity index (χ0) is 14.5. The summed E-state index contributed by atoms with van der Waals surface area (Å²) in [7, 11) is -3.03. The summed E-state index contributed by atoms with van der Waals surface area (Å²) in [5.74, 6) is -1.71. The summed E-state index contributed by atoms with van der Waals surface area (Å²) in [6.45, 7) is 2.46. The molecule has 1 N–H and O–H groups in total. The first kappa shape index (κ1) is 16.0. The van der Waals surface area contributed by atoms with E-state index in [1.54, 1.807) is 0 Å². The van der Waals surface area contributed by atoms with Crippen LogP contribution in [0.15, 0.2) is 18.2 Å². The van der Waals surface area contributed by atoms with Crippen molar-refractivity contribution < 1.29 is 17.2 Å². The minimum atomic E-state index is -3.03. The smallest absolute Gasteiger partial charge is 0.163 e. The van der Waals surface area contributed by atoms with Gasteiger partial charge in [-0.1, -0.05) is 19.1 Å². The molecule has 0 aliphatic rings. The van der Waals surface area contributed by atoms with Crippen LogP contribution in [0.2, 0.25) is 0 Å². The van der Waals surface area contributed by atoms with E-state index in [4.69, 9.17) is 0 Å². The van der Waals surface area contributed by atoms with E-state index < -0.39 is 21.5 Å². The summed E-state index contributed by atoms with van der Waals surface area (Å²) in [6, 6.07) is 3.67. The Bertz CT molecular complexity index is 517. The molecular formula is C13H19F2NO2S. The van der Waals surface area contributed by atoms with Gasteiger partial charge in [0.15, 0.2) is 11.6 Å². The highest BCUT2D eigenvalue weighted by Crippen LogP contribution is 2.23. The van der Waals surface area contributed by atoms with Crippen molar-refractivity contribution in [3.63, 3.8) is 0 Å². The van der Waals surface area contributed by atoms with Crippen LogP contribution in [0.5, 0.6) is 0 Å². The average molecular weight is 291 g/mol. The Hall–Kier alpha value is -1.01. The molecule has 0 radical (unpaired) electrons. The molecule has 0 amide bonds. The Morgan fingerprint density at radius 1 is 1.32 bits per heavy atom. The highest BCUT2D eigenvalue weighted by molar-refractivity contribution is 7.90. The van der Waals surface area contributed by atoms with Gasteiger partial charge in [-0.2, -0.15) is 0 Å². The topological polar surface area (TPSA) is 46.2 Å². The van der Waals surface area contributed by atoms with E-state index in [0.29, 0.717) is 19.4 Å². The van der Waals surface area contributed by atoms with E-state index in [1.807, 2.05) is 6.92 Å². The van der Waals surface area contributed by atoms with E-state index in [-0.39, 0.29) is 17.4 Å². The minimum absolute atomic E-state index is 0.0474. The summed E-state index contributed by atoms with van der Waals surface area (Å²) >= 11 is 0. The first-order valence-electron chi connectivity index (χ1n) is 6.20. The summed E-state index contributed by atoms with van der Waals surface area (Å²) in [4.78, 5) is 0. The molecule has 1 unspecified atom stereocenters. The second-order valence-electron chi connectivity index (χ2n) is 4.53. The Morgan fingerprint density at radius 3 is 2.58 bits per heavy atom. The van der Waals surface area contributed by atoms with E-state index in [0.717, 1.165) is 12.3 Å². The number of nitrogens with one attached hydrogen (secondary N) is 1. The van der Waals surface area contributed by atoms with Crippen LogP contribution in [0.4, 0.5) is 8.78 Å². The third-order valence-corrected chi connectivity index (χ3v) is 3.85. The maximum Gasteiger partial charge on any atom is 0.163 e. The Morgan fingerprint density at radius 2 is 2.00 bits per heavy atom. The molecule has 108 valence electrons. The summed E-state index contributed by atoms with van der Waals surface area (Å²) < 4.78 is 49.0. The molecule has 1 atom stereocenters. The van der Waals surface area contributed by atoms with Gasteiger partial charge in [-0.05, 0) is 25.5 Å². The fraction of sp³-hybridized carbons (Fsp3) is 0.538. The zero-order valence-electron chi connectivity index (χ0n) is 11.1. The molecule has 0 aliphatic carbocycles. The normalized spacial score (nSPS) is 13.5. The van der Waals surface area contributed by atoms with Crippen molar-refractivity contribution in [3.05, 3.63) is 35.4 Å². The van der Waals surface area contributed by atoms with Gasteiger partial charge in [0.1, 0.15) is 9.84 Å². The average Bonchev–Trinajstić information content (AvgIpc) is 2.30. The van der Waals surface area contributed by atoms with E-state index in [1.165, 1.54) is 12.1 Å². The predicted molar refractivity (Wildman–Crippen MR) is 71.7 cm³/mol. The Balaban J connectivity index is 2.79. The molecule has 1 rings (SSSR count). The monoisotopic (exact) mass is 291 g/mol. The number of benzene rings is 1. The molecule has 0 bridgehead atoms. The van der Waals surface area contributed by atoms with Crippen molar-refractivity contribution in [2.45, 2.75) is 25.8 Å². The van der Waals surface area contributed by atoms with Crippen LogP contribution >= 0.6 is 0 Å². The number of halogens is 2.